The number of ketones is 1. The lowest BCUT2D eigenvalue weighted by molar-refractivity contribution is -0.905. The molecule has 1 saturated heterocycles. The number of benzene rings is 1. The fraction of sp³-hybridized carbons (Fsp3) is 0.562. The number of carbonyl (C=O) groups excluding carboxylic acids is 1. The average Bonchev–Trinajstić information content (AvgIpc) is 2.45. The predicted octanol–water partition coefficient (Wildman–Crippen LogP) is 1.73. The highest BCUT2D eigenvalue weighted by Crippen LogP contribution is 2.12. The summed E-state index contributed by atoms with van der Waals surface area (Å²) in [6.07, 6.45) is 5.26. The van der Waals surface area contributed by atoms with Crippen LogP contribution in [0.15, 0.2) is 24.3 Å². The van der Waals surface area contributed by atoms with Gasteiger partial charge in [0.05, 0.1) is 26.2 Å². The van der Waals surface area contributed by atoms with Gasteiger partial charge in [-0.05, 0) is 50.5 Å². The minimum absolute atomic E-state index is 0.0975. The van der Waals surface area contributed by atoms with Gasteiger partial charge in [0.15, 0.2) is 5.78 Å². The van der Waals surface area contributed by atoms with Crippen molar-refractivity contribution in [2.24, 2.45) is 0 Å². The van der Waals surface area contributed by atoms with E-state index in [1.54, 1.807) is 11.8 Å². The van der Waals surface area contributed by atoms with Gasteiger partial charge in [-0.25, -0.2) is 0 Å². The second kappa shape index (κ2) is 7.29. The van der Waals surface area contributed by atoms with Crippen molar-refractivity contribution in [2.45, 2.75) is 32.6 Å². The molecule has 0 unspecified atom stereocenters. The van der Waals surface area contributed by atoms with Gasteiger partial charge in [0.2, 0.25) is 0 Å². The summed E-state index contributed by atoms with van der Waals surface area (Å²) in [7, 11) is 0. The maximum absolute atomic E-state index is 11.1. The van der Waals surface area contributed by atoms with E-state index in [9.17, 15) is 4.79 Å². The number of carbonyl (C=O) groups is 1. The summed E-state index contributed by atoms with van der Waals surface area (Å²) in [5.74, 6) is 0.957. The number of likely N-dealkylation sites (tertiary alicyclic amines) is 1. The second-order valence-electron chi connectivity index (χ2n) is 5.34. The van der Waals surface area contributed by atoms with Gasteiger partial charge in [-0.2, -0.15) is 0 Å². The second-order valence-corrected chi connectivity index (χ2v) is 5.34. The van der Waals surface area contributed by atoms with Gasteiger partial charge in [0.1, 0.15) is 5.75 Å². The molecule has 1 aliphatic rings. The summed E-state index contributed by atoms with van der Waals surface area (Å²) >= 11 is 0. The first-order chi connectivity index (χ1) is 9.25. The molecule has 0 saturated carbocycles. The number of ether oxygens (including phenoxy) is 1. The number of quaternary nitrogens is 1. The van der Waals surface area contributed by atoms with Crippen LogP contribution in [-0.2, 0) is 0 Å². The maximum atomic E-state index is 11.1. The number of hydrogen-bond acceptors (Lipinski definition) is 2. The van der Waals surface area contributed by atoms with Crippen LogP contribution in [0, 0.1) is 0 Å². The molecule has 1 N–H and O–H groups in total. The maximum Gasteiger partial charge on any atom is 0.159 e. The smallest absolute Gasteiger partial charge is 0.159 e. The van der Waals surface area contributed by atoms with Gasteiger partial charge in [-0.15, -0.1) is 0 Å². The Morgan fingerprint density at radius 3 is 2.47 bits per heavy atom. The molecule has 19 heavy (non-hydrogen) atoms. The van der Waals surface area contributed by atoms with Gasteiger partial charge < -0.3 is 9.64 Å². The van der Waals surface area contributed by atoms with E-state index in [0.717, 1.165) is 24.3 Å². The van der Waals surface area contributed by atoms with Gasteiger partial charge >= 0.3 is 0 Å². The van der Waals surface area contributed by atoms with E-state index in [-0.39, 0.29) is 5.78 Å². The van der Waals surface area contributed by atoms with Crippen molar-refractivity contribution in [3.8, 4) is 5.75 Å². The van der Waals surface area contributed by atoms with Crippen molar-refractivity contribution < 1.29 is 14.4 Å². The Bertz CT molecular complexity index is 394. The van der Waals surface area contributed by atoms with E-state index < -0.39 is 0 Å². The van der Waals surface area contributed by atoms with Crippen molar-refractivity contribution in [1.29, 1.82) is 0 Å². The molecular weight excluding hydrogens is 238 g/mol. The fourth-order valence-corrected chi connectivity index (χ4v) is 2.60. The SMILES string of the molecule is CC(=O)c1ccc(OCCC[NH+]2CCCCC2)cc1. The van der Waals surface area contributed by atoms with E-state index in [0.29, 0.717) is 0 Å². The molecular formula is C16H24NO2+. The van der Waals surface area contributed by atoms with Crippen LogP contribution in [-0.4, -0.2) is 32.0 Å². The van der Waals surface area contributed by atoms with Crippen molar-refractivity contribution in [1.82, 2.24) is 0 Å². The zero-order chi connectivity index (χ0) is 13.5. The minimum Gasteiger partial charge on any atom is -0.493 e. The Kier molecular flexibility index (Phi) is 5.40. The zero-order valence-corrected chi connectivity index (χ0v) is 11.8. The molecule has 0 atom stereocenters. The molecule has 1 aromatic carbocycles. The molecule has 1 heterocycles. The Morgan fingerprint density at radius 2 is 1.84 bits per heavy atom. The lowest BCUT2D eigenvalue weighted by Crippen LogP contribution is -3.12. The monoisotopic (exact) mass is 262 g/mol. The molecule has 104 valence electrons. The van der Waals surface area contributed by atoms with Gasteiger partial charge in [0.25, 0.3) is 0 Å². The summed E-state index contributed by atoms with van der Waals surface area (Å²) < 4.78 is 5.71. The normalized spacial score (nSPS) is 16.3. The van der Waals surface area contributed by atoms with Gasteiger partial charge in [0, 0.05) is 12.0 Å². The molecule has 3 heteroatoms. The van der Waals surface area contributed by atoms with Crippen LogP contribution in [0.3, 0.4) is 0 Å². The van der Waals surface area contributed by atoms with E-state index in [2.05, 4.69) is 0 Å². The number of nitrogens with one attached hydrogen (secondary N) is 1. The Balaban J connectivity index is 1.66. The van der Waals surface area contributed by atoms with Crippen LogP contribution in [0.25, 0.3) is 0 Å². The number of piperidine rings is 1. The van der Waals surface area contributed by atoms with E-state index >= 15 is 0 Å². The average molecular weight is 262 g/mol. The molecule has 1 fully saturated rings. The van der Waals surface area contributed by atoms with Crippen LogP contribution >= 0.6 is 0 Å². The molecule has 1 aliphatic heterocycles. The molecule has 0 aromatic heterocycles. The quantitative estimate of drug-likeness (QED) is 0.625. The Labute approximate surface area is 115 Å². The highest BCUT2D eigenvalue weighted by Gasteiger charge is 2.12. The zero-order valence-electron chi connectivity index (χ0n) is 11.8. The van der Waals surface area contributed by atoms with Crippen LogP contribution in [0.1, 0.15) is 43.0 Å². The Morgan fingerprint density at radius 1 is 1.16 bits per heavy atom. The molecule has 2 rings (SSSR count). The lowest BCUT2D eigenvalue weighted by Gasteiger charge is -2.23. The first-order valence-electron chi connectivity index (χ1n) is 7.33. The molecule has 0 aliphatic carbocycles. The van der Waals surface area contributed by atoms with Crippen LogP contribution in [0.4, 0.5) is 0 Å². The number of Topliss-reactive ketones (excluding diaryl/α,β-unsaturated/α-hetero) is 1. The summed E-state index contributed by atoms with van der Waals surface area (Å²) in [5, 5.41) is 0. The topological polar surface area (TPSA) is 30.7 Å². The molecule has 0 radical (unpaired) electrons. The molecule has 0 amide bonds. The van der Waals surface area contributed by atoms with Gasteiger partial charge in [-0.3, -0.25) is 4.79 Å². The molecule has 0 bridgehead atoms. The first kappa shape index (κ1) is 14.1. The Hall–Kier alpha value is -1.35. The summed E-state index contributed by atoms with van der Waals surface area (Å²) in [5.41, 5.74) is 0.741. The third-order valence-corrected chi connectivity index (χ3v) is 3.76. The molecule has 0 spiro atoms. The summed E-state index contributed by atoms with van der Waals surface area (Å²) in [4.78, 5) is 12.9. The standard InChI is InChI=1S/C16H23NO2/c1-14(18)15-6-8-16(9-7-15)19-13-5-12-17-10-3-2-4-11-17/h6-9H,2-5,10-13H2,1H3/p+1. The van der Waals surface area contributed by atoms with Crippen molar-refractivity contribution >= 4 is 5.78 Å². The van der Waals surface area contributed by atoms with Crippen LogP contribution in [0.2, 0.25) is 0 Å². The lowest BCUT2D eigenvalue weighted by atomic mass is 10.1. The number of rotatable bonds is 6. The number of hydrogen-bond donors (Lipinski definition) is 1. The van der Waals surface area contributed by atoms with Crippen molar-refractivity contribution in [3.05, 3.63) is 29.8 Å². The fourth-order valence-electron chi connectivity index (χ4n) is 2.60. The summed E-state index contributed by atoms with van der Waals surface area (Å²) in [6, 6.07) is 7.41. The van der Waals surface area contributed by atoms with Crippen LogP contribution in [0.5, 0.6) is 5.75 Å². The first-order valence-corrected chi connectivity index (χ1v) is 7.33. The van der Waals surface area contributed by atoms with E-state index in [1.807, 2.05) is 24.3 Å². The molecule has 1 aromatic rings. The van der Waals surface area contributed by atoms with Crippen molar-refractivity contribution in [3.63, 3.8) is 0 Å². The van der Waals surface area contributed by atoms with E-state index in [4.69, 9.17) is 4.74 Å². The van der Waals surface area contributed by atoms with E-state index in [1.165, 1.54) is 38.9 Å². The van der Waals surface area contributed by atoms with Gasteiger partial charge in [-0.1, -0.05) is 0 Å². The third-order valence-electron chi connectivity index (χ3n) is 3.76. The third kappa shape index (κ3) is 4.67. The van der Waals surface area contributed by atoms with Crippen LogP contribution < -0.4 is 9.64 Å². The minimum atomic E-state index is 0.0975. The highest BCUT2D eigenvalue weighted by atomic mass is 16.5. The highest BCUT2D eigenvalue weighted by molar-refractivity contribution is 5.94. The molecule has 3 nitrogen and oxygen atoms in total. The largest absolute Gasteiger partial charge is 0.493 e. The predicted molar refractivity (Wildman–Crippen MR) is 76.0 cm³/mol. The van der Waals surface area contributed by atoms with Crippen molar-refractivity contribution in [2.75, 3.05) is 26.2 Å². The summed E-state index contributed by atoms with van der Waals surface area (Å²) in [6.45, 7) is 6.21.